The lowest BCUT2D eigenvalue weighted by Gasteiger charge is -2.14. The Morgan fingerprint density at radius 2 is 1.93 bits per heavy atom. The first kappa shape index (κ1) is 19.4. The van der Waals surface area contributed by atoms with Crippen LogP contribution in [0.5, 0.6) is 11.5 Å². The van der Waals surface area contributed by atoms with Crippen LogP contribution < -0.4 is 14.4 Å². The number of methoxy groups -OCH3 is 1. The summed E-state index contributed by atoms with van der Waals surface area (Å²) in [6.45, 7) is 2.60. The smallest absolute Gasteiger partial charge is 0.270 e. The lowest BCUT2D eigenvalue weighted by molar-refractivity contribution is -0.113. The van der Waals surface area contributed by atoms with Crippen molar-refractivity contribution < 1.29 is 18.7 Å². The van der Waals surface area contributed by atoms with Gasteiger partial charge in [-0.15, -0.1) is 0 Å². The lowest BCUT2D eigenvalue weighted by Crippen LogP contribution is -2.27. The van der Waals surface area contributed by atoms with Crippen LogP contribution in [0.4, 0.5) is 10.1 Å². The van der Waals surface area contributed by atoms with Crippen LogP contribution in [0.2, 0.25) is 0 Å². The minimum Gasteiger partial charge on any atom is -0.493 e. The standard InChI is InChI=1S/C20H18FNO3S2/c1-3-10-25-17-11-13(4-9-16(17)24-2)12-18-19(23)22(20(26)27-18)15-7-5-14(21)6-8-15/h4-9,11-12H,3,10H2,1-2H3/b18-12-. The Labute approximate surface area is 167 Å². The zero-order chi connectivity index (χ0) is 19.4. The second-order valence-corrected chi connectivity index (χ2v) is 7.43. The zero-order valence-electron chi connectivity index (χ0n) is 14.9. The second kappa shape index (κ2) is 8.54. The summed E-state index contributed by atoms with van der Waals surface area (Å²) in [7, 11) is 1.58. The molecule has 0 saturated carbocycles. The predicted molar refractivity (Wildman–Crippen MR) is 111 cm³/mol. The molecule has 0 N–H and O–H groups in total. The van der Waals surface area contributed by atoms with Gasteiger partial charge in [0.2, 0.25) is 0 Å². The summed E-state index contributed by atoms with van der Waals surface area (Å²) in [5, 5.41) is 0. The number of benzene rings is 2. The summed E-state index contributed by atoms with van der Waals surface area (Å²) in [5.74, 6) is 0.669. The van der Waals surface area contributed by atoms with E-state index < -0.39 is 0 Å². The highest BCUT2D eigenvalue weighted by Gasteiger charge is 2.33. The second-order valence-electron chi connectivity index (χ2n) is 5.75. The maximum Gasteiger partial charge on any atom is 0.270 e. The average molecular weight is 404 g/mol. The van der Waals surface area contributed by atoms with Crippen LogP contribution in [0.1, 0.15) is 18.9 Å². The number of hydrogen-bond donors (Lipinski definition) is 0. The third-order valence-electron chi connectivity index (χ3n) is 3.83. The summed E-state index contributed by atoms with van der Waals surface area (Å²) < 4.78 is 24.6. The van der Waals surface area contributed by atoms with E-state index in [-0.39, 0.29) is 11.7 Å². The maximum atomic E-state index is 13.1. The van der Waals surface area contributed by atoms with Crippen LogP contribution in [0, 0.1) is 5.82 Å². The Balaban J connectivity index is 1.88. The van der Waals surface area contributed by atoms with Gasteiger partial charge in [-0.25, -0.2) is 4.39 Å². The molecular formula is C20H18FNO3S2. The fourth-order valence-corrected chi connectivity index (χ4v) is 3.84. The number of halogens is 1. The summed E-state index contributed by atoms with van der Waals surface area (Å²) in [6.07, 6.45) is 2.64. The number of carbonyl (C=O) groups excluding carboxylic acids is 1. The van der Waals surface area contributed by atoms with Crippen LogP contribution in [0.3, 0.4) is 0 Å². The molecule has 0 unspecified atom stereocenters. The Morgan fingerprint density at radius 1 is 1.19 bits per heavy atom. The summed E-state index contributed by atoms with van der Waals surface area (Å²) >= 11 is 6.55. The van der Waals surface area contributed by atoms with Crippen molar-refractivity contribution in [1.29, 1.82) is 0 Å². The molecule has 2 aromatic carbocycles. The Hall–Kier alpha value is -2.38. The Kier molecular flexibility index (Phi) is 6.13. The quantitative estimate of drug-likeness (QED) is 0.500. The third kappa shape index (κ3) is 4.31. The largest absolute Gasteiger partial charge is 0.493 e. The molecule has 1 fully saturated rings. The van der Waals surface area contributed by atoms with Crippen molar-refractivity contribution in [1.82, 2.24) is 0 Å². The molecule has 27 heavy (non-hydrogen) atoms. The van der Waals surface area contributed by atoms with E-state index in [0.717, 1.165) is 12.0 Å². The van der Waals surface area contributed by atoms with Gasteiger partial charge in [-0.3, -0.25) is 9.69 Å². The number of rotatable bonds is 6. The van der Waals surface area contributed by atoms with Crippen molar-refractivity contribution >= 4 is 46.0 Å². The van der Waals surface area contributed by atoms with Crippen LogP contribution in [0.25, 0.3) is 6.08 Å². The van der Waals surface area contributed by atoms with Gasteiger partial charge in [0.1, 0.15) is 5.82 Å². The average Bonchev–Trinajstić information content (AvgIpc) is 2.94. The molecule has 140 valence electrons. The molecule has 1 heterocycles. The van der Waals surface area contributed by atoms with Crippen molar-refractivity contribution in [3.05, 3.63) is 58.8 Å². The minimum absolute atomic E-state index is 0.233. The normalized spacial score (nSPS) is 15.5. The highest BCUT2D eigenvalue weighted by Crippen LogP contribution is 2.37. The number of carbonyl (C=O) groups is 1. The van der Waals surface area contributed by atoms with E-state index in [4.69, 9.17) is 21.7 Å². The van der Waals surface area contributed by atoms with E-state index in [1.165, 1.54) is 40.9 Å². The summed E-state index contributed by atoms with van der Waals surface area (Å²) in [4.78, 5) is 14.7. The van der Waals surface area contributed by atoms with Gasteiger partial charge in [-0.2, -0.15) is 0 Å². The topological polar surface area (TPSA) is 38.8 Å². The molecule has 7 heteroatoms. The van der Waals surface area contributed by atoms with Crippen LogP contribution in [0.15, 0.2) is 47.4 Å². The number of amides is 1. The molecule has 0 bridgehead atoms. The molecule has 0 aromatic heterocycles. The van der Waals surface area contributed by atoms with Crippen molar-refractivity contribution in [3.63, 3.8) is 0 Å². The predicted octanol–water partition coefficient (Wildman–Crippen LogP) is 5.03. The molecule has 1 aliphatic heterocycles. The third-order valence-corrected chi connectivity index (χ3v) is 5.13. The lowest BCUT2D eigenvalue weighted by atomic mass is 10.1. The van der Waals surface area contributed by atoms with Gasteiger partial charge in [0.15, 0.2) is 15.8 Å². The highest BCUT2D eigenvalue weighted by molar-refractivity contribution is 8.27. The van der Waals surface area contributed by atoms with Gasteiger partial charge in [0, 0.05) is 0 Å². The van der Waals surface area contributed by atoms with Crippen molar-refractivity contribution in [2.45, 2.75) is 13.3 Å². The Morgan fingerprint density at radius 3 is 2.59 bits per heavy atom. The van der Waals surface area contributed by atoms with Crippen LogP contribution in [-0.4, -0.2) is 23.9 Å². The van der Waals surface area contributed by atoms with E-state index in [9.17, 15) is 9.18 Å². The van der Waals surface area contributed by atoms with Gasteiger partial charge in [0.25, 0.3) is 5.91 Å². The SMILES string of the molecule is CCCOc1cc(/C=C2\SC(=S)N(c3ccc(F)cc3)C2=O)ccc1OC. The molecule has 1 amide bonds. The van der Waals surface area contributed by atoms with Crippen molar-refractivity contribution in [2.75, 3.05) is 18.6 Å². The van der Waals surface area contributed by atoms with Gasteiger partial charge >= 0.3 is 0 Å². The van der Waals surface area contributed by atoms with Crippen LogP contribution in [-0.2, 0) is 4.79 Å². The van der Waals surface area contributed by atoms with Gasteiger partial charge in [-0.05, 0) is 54.5 Å². The van der Waals surface area contributed by atoms with E-state index in [1.54, 1.807) is 19.3 Å². The van der Waals surface area contributed by atoms with Gasteiger partial charge in [0.05, 0.1) is 24.3 Å². The van der Waals surface area contributed by atoms with E-state index in [0.29, 0.717) is 33.0 Å². The molecule has 2 aromatic rings. The summed E-state index contributed by atoms with van der Waals surface area (Å²) in [6, 6.07) is 11.2. The molecular weight excluding hydrogens is 385 g/mol. The number of ether oxygens (including phenoxy) is 2. The molecule has 1 saturated heterocycles. The Bertz CT molecular complexity index is 897. The number of thiocarbonyl (C=S) groups is 1. The maximum absolute atomic E-state index is 13.1. The molecule has 1 aliphatic rings. The van der Waals surface area contributed by atoms with Crippen molar-refractivity contribution in [3.8, 4) is 11.5 Å². The van der Waals surface area contributed by atoms with Crippen LogP contribution >= 0.6 is 24.0 Å². The molecule has 0 radical (unpaired) electrons. The molecule has 4 nitrogen and oxygen atoms in total. The molecule has 0 atom stereocenters. The highest BCUT2D eigenvalue weighted by atomic mass is 32.2. The van der Waals surface area contributed by atoms with E-state index >= 15 is 0 Å². The number of thioether (sulfide) groups is 1. The number of hydrogen-bond acceptors (Lipinski definition) is 5. The number of nitrogens with zero attached hydrogens (tertiary/aromatic N) is 1. The number of anilines is 1. The van der Waals surface area contributed by atoms with Gasteiger partial charge < -0.3 is 9.47 Å². The molecule has 0 spiro atoms. The minimum atomic E-state index is -0.363. The van der Waals surface area contributed by atoms with E-state index in [2.05, 4.69) is 0 Å². The summed E-state index contributed by atoms with van der Waals surface area (Å²) in [5.41, 5.74) is 1.35. The first-order valence-electron chi connectivity index (χ1n) is 8.38. The fourth-order valence-electron chi connectivity index (χ4n) is 2.54. The molecule has 0 aliphatic carbocycles. The van der Waals surface area contributed by atoms with Gasteiger partial charge in [-0.1, -0.05) is 37.0 Å². The monoisotopic (exact) mass is 403 g/mol. The first-order valence-corrected chi connectivity index (χ1v) is 9.60. The molecule has 3 rings (SSSR count). The van der Waals surface area contributed by atoms with E-state index in [1.807, 2.05) is 19.1 Å². The first-order chi connectivity index (χ1) is 13.0. The fraction of sp³-hybridized carbons (Fsp3) is 0.200. The zero-order valence-corrected chi connectivity index (χ0v) is 16.5. The van der Waals surface area contributed by atoms with Crippen molar-refractivity contribution in [2.24, 2.45) is 0 Å².